The Hall–Kier alpha value is -2.13. The number of nitrogens with one attached hydrogen (secondary N) is 1. The number of carbonyl (C=O) groups is 2. The number of hydrogen-bond donors (Lipinski definition) is 1. The van der Waals surface area contributed by atoms with Gasteiger partial charge in [-0.2, -0.15) is 43.9 Å². The van der Waals surface area contributed by atoms with Crippen LogP contribution < -0.4 is 5.32 Å². The highest BCUT2D eigenvalue weighted by atomic mass is 32.1. The smallest absolute Gasteiger partial charge is 0.384 e. The molecule has 0 aliphatic heterocycles. The monoisotopic (exact) mass is 521 g/mol. The molecule has 0 atom stereocenters. The number of esters is 1. The Morgan fingerprint density at radius 2 is 1.18 bits per heavy atom. The topological polar surface area (TPSA) is 55.4 Å². The van der Waals surface area contributed by atoms with Gasteiger partial charge in [0.25, 0.3) is 5.91 Å². The van der Waals surface area contributed by atoms with E-state index in [1.165, 1.54) is 27.7 Å². The Kier molecular flexibility index (Phi) is 6.11. The lowest BCUT2D eigenvalue weighted by molar-refractivity contribution is -0.475. The second-order valence-electron chi connectivity index (χ2n) is 7.43. The number of halogens is 11. The van der Waals surface area contributed by atoms with Gasteiger partial charge in [0.05, 0.1) is 11.7 Å². The summed E-state index contributed by atoms with van der Waals surface area (Å²) in [5.74, 6) is -41.7. The van der Waals surface area contributed by atoms with Crippen molar-refractivity contribution in [2.45, 2.75) is 69.1 Å². The third kappa shape index (κ3) is 3.15. The molecule has 2 rings (SSSR count). The van der Waals surface area contributed by atoms with Gasteiger partial charge in [-0.25, -0.2) is 9.18 Å². The Labute approximate surface area is 182 Å². The van der Waals surface area contributed by atoms with Crippen LogP contribution in [0.3, 0.4) is 0 Å². The summed E-state index contributed by atoms with van der Waals surface area (Å²) in [5, 5.41) is -0.00946. The zero-order valence-electron chi connectivity index (χ0n) is 16.9. The van der Waals surface area contributed by atoms with E-state index in [1.54, 1.807) is 0 Å². The summed E-state index contributed by atoms with van der Waals surface area (Å²) in [6.45, 7) is 5.12. The van der Waals surface area contributed by atoms with E-state index in [2.05, 4.69) is 0 Å². The van der Waals surface area contributed by atoms with Crippen molar-refractivity contribution >= 4 is 28.2 Å². The lowest BCUT2D eigenvalue weighted by Gasteiger charge is -2.51. The molecule has 0 radical (unpaired) electrons. The predicted octanol–water partition coefficient (Wildman–Crippen LogP) is 5.77. The third-order valence-corrected chi connectivity index (χ3v) is 6.04. The minimum absolute atomic E-state index is 0.0433. The molecule has 0 saturated heterocycles. The van der Waals surface area contributed by atoms with Crippen molar-refractivity contribution in [1.82, 2.24) is 0 Å². The first-order valence-electron chi connectivity index (χ1n) is 8.74. The second kappa shape index (κ2) is 7.43. The Morgan fingerprint density at radius 1 is 0.788 bits per heavy atom. The fraction of sp³-hybridized carbons (Fsp3) is 0.647. The van der Waals surface area contributed by atoms with Crippen LogP contribution in [0.15, 0.2) is 0 Å². The van der Waals surface area contributed by atoms with E-state index in [0.717, 1.165) is 5.32 Å². The summed E-state index contributed by atoms with van der Waals surface area (Å²) in [7, 11) is 0. The highest BCUT2D eigenvalue weighted by molar-refractivity contribution is 7.16. The molecule has 0 aromatic carbocycles. The van der Waals surface area contributed by atoms with Crippen molar-refractivity contribution in [1.29, 1.82) is 0 Å². The number of carbonyl (C=O) groups excluding carboxylic acids is 2. The number of aryl methyl sites for hydroxylation is 1. The fourth-order valence-electron chi connectivity index (χ4n) is 2.93. The predicted molar refractivity (Wildman–Crippen MR) is 91.5 cm³/mol. The largest absolute Gasteiger partial charge is 0.459 e. The second-order valence-corrected chi connectivity index (χ2v) is 8.65. The zero-order chi connectivity index (χ0) is 26.2. The molecule has 0 unspecified atom stereocenters. The molecule has 1 N–H and O–H groups in total. The van der Waals surface area contributed by atoms with E-state index in [9.17, 15) is 57.9 Å². The van der Waals surface area contributed by atoms with Gasteiger partial charge in [-0.1, -0.05) is 0 Å². The van der Waals surface area contributed by atoms with Crippen molar-refractivity contribution in [3.63, 3.8) is 0 Å². The van der Waals surface area contributed by atoms with E-state index in [1.807, 2.05) is 0 Å². The van der Waals surface area contributed by atoms with Gasteiger partial charge in [0, 0.05) is 4.88 Å². The van der Waals surface area contributed by atoms with E-state index in [4.69, 9.17) is 4.74 Å². The molecule has 1 fully saturated rings. The van der Waals surface area contributed by atoms with Gasteiger partial charge in [0.1, 0.15) is 5.00 Å². The minimum Gasteiger partial charge on any atom is -0.459 e. The molecule has 33 heavy (non-hydrogen) atoms. The van der Waals surface area contributed by atoms with Gasteiger partial charge in [-0.3, -0.25) is 4.79 Å². The Balaban J connectivity index is 2.69. The number of thiophene rings is 1. The average Bonchev–Trinajstić information content (AvgIpc) is 2.92. The summed E-state index contributed by atoms with van der Waals surface area (Å²) >= 11 is 0.275. The summed E-state index contributed by atoms with van der Waals surface area (Å²) in [6, 6.07) is 0. The molecule has 1 aliphatic rings. The SMILES string of the molecule is Cc1sc(NC(=O)C2(F)C(F)(F)C(F)(F)C(F)(F)C(F)(F)C2(F)F)c(C(=O)OC(C)C)c1C. The van der Waals surface area contributed by atoms with Gasteiger partial charge in [0.2, 0.25) is 0 Å². The number of rotatable bonds is 4. The van der Waals surface area contributed by atoms with E-state index >= 15 is 0 Å². The highest BCUT2D eigenvalue weighted by Gasteiger charge is 3.02. The molecule has 1 aromatic heterocycles. The maximum atomic E-state index is 14.9. The number of ether oxygens (including phenoxy) is 1. The molecule has 1 amide bonds. The van der Waals surface area contributed by atoms with Gasteiger partial charge < -0.3 is 10.1 Å². The quantitative estimate of drug-likeness (QED) is 0.405. The Bertz CT molecular complexity index is 957. The molecule has 1 aliphatic carbocycles. The zero-order valence-corrected chi connectivity index (χ0v) is 17.7. The molecule has 1 heterocycles. The average molecular weight is 521 g/mol. The van der Waals surface area contributed by atoms with Crippen LogP contribution in [-0.4, -0.2) is 53.3 Å². The van der Waals surface area contributed by atoms with E-state index in [0.29, 0.717) is 0 Å². The van der Waals surface area contributed by atoms with Crippen LogP contribution in [0.1, 0.15) is 34.6 Å². The first-order chi connectivity index (χ1) is 14.5. The van der Waals surface area contributed by atoms with Crippen molar-refractivity contribution in [2.75, 3.05) is 5.32 Å². The molecule has 1 saturated carbocycles. The highest BCUT2D eigenvalue weighted by Crippen LogP contribution is 2.69. The third-order valence-electron chi connectivity index (χ3n) is 4.91. The van der Waals surface area contributed by atoms with Crippen molar-refractivity contribution in [2.24, 2.45) is 0 Å². The fourth-order valence-corrected chi connectivity index (χ4v) is 3.97. The normalized spacial score (nSPS) is 23.8. The van der Waals surface area contributed by atoms with E-state index in [-0.39, 0.29) is 21.8 Å². The summed E-state index contributed by atoms with van der Waals surface area (Å²) < 4.78 is 157. The summed E-state index contributed by atoms with van der Waals surface area (Å²) in [6.07, 6.45) is -0.820. The first-order valence-corrected chi connectivity index (χ1v) is 9.56. The molecule has 1 aromatic rings. The Morgan fingerprint density at radius 3 is 1.58 bits per heavy atom. The van der Waals surface area contributed by atoms with Gasteiger partial charge >= 0.3 is 41.3 Å². The number of amides is 1. The molecule has 0 spiro atoms. The van der Waals surface area contributed by atoms with Crippen LogP contribution >= 0.6 is 11.3 Å². The van der Waals surface area contributed by atoms with Crippen molar-refractivity contribution in [3.05, 3.63) is 16.0 Å². The molecule has 4 nitrogen and oxygen atoms in total. The maximum absolute atomic E-state index is 14.9. The summed E-state index contributed by atoms with van der Waals surface area (Å²) in [5.41, 5.74) is -7.60. The number of anilines is 1. The van der Waals surface area contributed by atoms with Gasteiger partial charge in [-0.15, -0.1) is 11.3 Å². The molecular formula is C17H14F11NO3S. The lowest BCUT2D eigenvalue weighted by Crippen LogP contribution is -2.86. The maximum Gasteiger partial charge on any atom is 0.384 e. The van der Waals surface area contributed by atoms with Crippen LogP contribution in [0.4, 0.5) is 53.3 Å². The van der Waals surface area contributed by atoms with Crippen molar-refractivity contribution in [3.8, 4) is 0 Å². The van der Waals surface area contributed by atoms with Crippen LogP contribution in [0, 0.1) is 13.8 Å². The van der Waals surface area contributed by atoms with Crippen LogP contribution in [0.5, 0.6) is 0 Å². The summed E-state index contributed by atoms with van der Waals surface area (Å²) in [4.78, 5) is 24.4. The molecule has 0 bridgehead atoms. The molecule has 16 heteroatoms. The van der Waals surface area contributed by atoms with Crippen LogP contribution in [0.2, 0.25) is 0 Å². The first kappa shape index (κ1) is 27.1. The number of hydrogen-bond acceptors (Lipinski definition) is 4. The molecule has 188 valence electrons. The number of alkyl halides is 11. The van der Waals surface area contributed by atoms with Crippen LogP contribution in [0.25, 0.3) is 0 Å². The van der Waals surface area contributed by atoms with Crippen LogP contribution in [-0.2, 0) is 9.53 Å². The van der Waals surface area contributed by atoms with Gasteiger partial charge in [-0.05, 0) is 33.3 Å². The standard InChI is InChI=1S/C17H14F11NO3S/c1-5(2)32-10(30)8-6(3)7(4)33-9(8)29-11(31)12(18)13(19,20)15(23,24)17(27,28)16(25,26)14(12,21)22/h5H,1-4H3,(H,29,31). The van der Waals surface area contributed by atoms with Crippen molar-refractivity contribution < 1.29 is 62.6 Å². The lowest BCUT2D eigenvalue weighted by atomic mass is 9.71. The van der Waals surface area contributed by atoms with E-state index < -0.39 is 63.8 Å². The minimum atomic E-state index is -7.44. The molecular weight excluding hydrogens is 507 g/mol. The van der Waals surface area contributed by atoms with Gasteiger partial charge in [0.15, 0.2) is 0 Å².